The van der Waals surface area contributed by atoms with Crippen molar-refractivity contribution in [2.45, 2.75) is 25.4 Å². The van der Waals surface area contributed by atoms with Crippen molar-refractivity contribution in [3.63, 3.8) is 0 Å². The first-order chi connectivity index (χ1) is 17.4. The van der Waals surface area contributed by atoms with Crippen molar-refractivity contribution in [3.8, 4) is 5.69 Å². The van der Waals surface area contributed by atoms with Gasteiger partial charge in [-0.15, -0.1) is 5.10 Å². The summed E-state index contributed by atoms with van der Waals surface area (Å²) in [5, 5.41) is 14.2. The predicted octanol–water partition coefficient (Wildman–Crippen LogP) is 1.77. The molecule has 6 rings (SSSR count). The van der Waals surface area contributed by atoms with Crippen LogP contribution in [0, 0.1) is 0 Å². The van der Waals surface area contributed by atoms with E-state index in [0.29, 0.717) is 23.5 Å². The molecule has 0 spiro atoms. The van der Waals surface area contributed by atoms with Crippen LogP contribution in [0.25, 0.3) is 16.6 Å². The summed E-state index contributed by atoms with van der Waals surface area (Å²) in [4.78, 5) is 51.1. The van der Waals surface area contributed by atoms with Gasteiger partial charge in [0.15, 0.2) is 5.69 Å². The number of amides is 4. The molecule has 11 heteroatoms. The minimum absolute atomic E-state index is 0.122. The van der Waals surface area contributed by atoms with Crippen molar-refractivity contribution in [1.29, 1.82) is 0 Å². The fourth-order valence-corrected chi connectivity index (χ4v) is 4.77. The minimum Gasteiger partial charge on any atom is -0.330 e. The van der Waals surface area contributed by atoms with E-state index in [-0.39, 0.29) is 30.5 Å². The minimum atomic E-state index is -0.679. The van der Waals surface area contributed by atoms with Crippen LogP contribution < -0.4 is 10.6 Å². The maximum absolute atomic E-state index is 13.1. The number of piperidine rings is 1. The number of hydrogen-bond donors (Lipinski definition) is 2. The zero-order chi connectivity index (χ0) is 25.0. The van der Waals surface area contributed by atoms with E-state index in [1.165, 1.54) is 15.8 Å². The van der Waals surface area contributed by atoms with Crippen LogP contribution in [-0.2, 0) is 23.2 Å². The van der Waals surface area contributed by atoms with Crippen molar-refractivity contribution in [2.75, 3.05) is 5.32 Å². The van der Waals surface area contributed by atoms with Gasteiger partial charge in [0.2, 0.25) is 11.8 Å². The molecule has 0 bridgehead atoms. The maximum Gasteiger partial charge on any atom is 0.278 e. The second kappa shape index (κ2) is 8.15. The van der Waals surface area contributed by atoms with E-state index in [1.54, 1.807) is 18.2 Å². The van der Waals surface area contributed by atoms with Crippen molar-refractivity contribution in [2.24, 2.45) is 7.05 Å². The van der Waals surface area contributed by atoms with Gasteiger partial charge in [0, 0.05) is 36.5 Å². The van der Waals surface area contributed by atoms with Gasteiger partial charge < -0.3 is 14.8 Å². The van der Waals surface area contributed by atoms with Gasteiger partial charge >= 0.3 is 0 Å². The van der Waals surface area contributed by atoms with Crippen LogP contribution in [0.4, 0.5) is 5.82 Å². The zero-order valence-electron chi connectivity index (χ0n) is 19.3. The molecule has 4 aromatic rings. The van der Waals surface area contributed by atoms with Gasteiger partial charge in [0.1, 0.15) is 11.9 Å². The lowest BCUT2D eigenvalue weighted by Crippen LogP contribution is -2.52. The standard InChI is InChI=1S/C25H21N7O4/c1-30-19-5-3-2-4-14(19)10-21(30)26-23(34)18-13-32(29-28-18)16-7-6-15-12-31(25(36)17(15)11-16)20-8-9-22(33)27-24(20)35/h2-7,10-11,13,20H,8-9,12H2,1H3,(H,26,34)(H,27,33,35). The summed E-state index contributed by atoms with van der Waals surface area (Å²) in [6.45, 7) is 0.288. The monoisotopic (exact) mass is 483 g/mol. The van der Waals surface area contributed by atoms with E-state index in [4.69, 9.17) is 0 Å². The molecular weight excluding hydrogens is 462 g/mol. The highest BCUT2D eigenvalue weighted by Crippen LogP contribution is 2.29. The molecule has 1 fully saturated rings. The Kier molecular flexibility index (Phi) is 4.92. The van der Waals surface area contributed by atoms with Crippen LogP contribution >= 0.6 is 0 Å². The first kappa shape index (κ1) is 21.7. The number of nitrogens with zero attached hydrogens (tertiary/aromatic N) is 5. The highest BCUT2D eigenvalue weighted by atomic mass is 16.2. The number of benzene rings is 2. The molecule has 2 N–H and O–H groups in total. The largest absolute Gasteiger partial charge is 0.330 e. The van der Waals surface area contributed by atoms with E-state index >= 15 is 0 Å². The summed E-state index contributed by atoms with van der Waals surface area (Å²) in [6, 6.07) is 14.3. The number of imide groups is 1. The van der Waals surface area contributed by atoms with Crippen molar-refractivity contribution in [1.82, 2.24) is 29.8 Å². The second-order valence-corrected chi connectivity index (χ2v) is 8.89. The van der Waals surface area contributed by atoms with E-state index in [1.807, 2.05) is 41.9 Å². The molecule has 180 valence electrons. The highest BCUT2D eigenvalue weighted by molar-refractivity contribution is 6.06. The smallest absolute Gasteiger partial charge is 0.278 e. The number of anilines is 1. The molecule has 2 aliphatic rings. The summed E-state index contributed by atoms with van der Waals surface area (Å²) >= 11 is 0. The summed E-state index contributed by atoms with van der Waals surface area (Å²) in [5.74, 6) is -0.837. The van der Waals surface area contributed by atoms with Crippen LogP contribution in [0.2, 0.25) is 0 Å². The van der Waals surface area contributed by atoms with Gasteiger partial charge in [-0.2, -0.15) is 0 Å². The second-order valence-electron chi connectivity index (χ2n) is 8.89. The van der Waals surface area contributed by atoms with Gasteiger partial charge in [0.25, 0.3) is 11.8 Å². The molecule has 2 aromatic heterocycles. The van der Waals surface area contributed by atoms with Gasteiger partial charge in [-0.05, 0) is 36.2 Å². The third-order valence-electron chi connectivity index (χ3n) is 6.70. The number of carbonyl (C=O) groups is 4. The number of carbonyl (C=O) groups excluding carboxylic acids is 4. The molecule has 0 aliphatic carbocycles. The maximum atomic E-state index is 13.1. The van der Waals surface area contributed by atoms with Crippen molar-refractivity contribution >= 4 is 40.3 Å². The molecule has 36 heavy (non-hydrogen) atoms. The number of aromatic nitrogens is 4. The molecule has 11 nitrogen and oxygen atoms in total. The number of aryl methyl sites for hydroxylation is 1. The van der Waals surface area contributed by atoms with E-state index in [9.17, 15) is 19.2 Å². The van der Waals surface area contributed by atoms with Crippen molar-refractivity contribution < 1.29 is 19.2 Å². The van der Waals surface area contributed by atoms with E-state index < -0.39 is 17.9 Å². The molecule has 2 aromatic carbocycles. The Morgan fingerprint density at radius 1 is 1.11 bits per heavy atom. The van der Waals surface area contributed by atoms with Gasteiger partial charge in [-0.1, -0.05) is 29.5 Å². The Morgan fingerprint density at radius 3 is 2.75 bits per heavy atom. The molecule has 0 radical (unpaired) electrons. The van der Waals surface area contributed by atoms with Gasteiger partial charge in [-0.3, -0.25) is 24.5 Å². The topological polar surface area (TPSA) is 131 Å². The lowest BCUT2D eigenvalue weighted by molar-refractivity contribution is -0.136. The molecule has 1 saturated heterocycles. The number of hydrogen-bond acceptors (Lipinski definition) is 6. The van der Waals surface area contributed by atoms with E-state index in [2.05, 4.69) is 20.9 Å². The average Bonchev–Trinajstić information content (AvgIpc) is 3.56. The number of nitrogens with one attached hydrogen (secondary N) is 2. The molecule has 1 unspecified atom stereocenters. The zero-order valence-corrected chi connectivity index (χ0v) is 19.3. The molecular formula is C25H21N7O4. The predicted molar refractivity (Wildman–Crippen MR) is 128 cm³/mol. The first-order valence-corrected chi connectivity index (χ1v) is 11.4. The molecule has 2 aliphatic heterocycles. The molecule has 4 heterocycles. The normalized spacial score (nSPS) is 17.4. The quantitative estimate of drug-likeness (QED) is 0.426. The Hall–Kier alpha value is -4.80. The summed E-state index contributed by atoms with van der Waals surface area (Å²) in [7, 11) is 1.87. The first-order valence-electron chi connectivity index (χ1n) is 11.4. The van der Waals surface area contributed by atoms with Crippen LogP contribution in [0.15, 0.2) is 54.7 Å². The highest BCUT2D eigenvalue weighted by Gasteiger charge is 2.39. The number of para-hydroxylation sites is 1. The van der Waals surface area contributed by atoms with Crippen LogP contribution in [-0.4, -0.2) is 54.1 Å². The molecule has 4 amide bonds. The number of rotatable bonds is 4. The molecule has 0 saturated carbocycles. The van der Waals surface area contributed by atoms with Crippen LogP contribution in [0.1, 0.15) is 39.3 Å². The van der Waals surface area contributed by atoms with E-state index in [0.717, 1.165) is 16.5 Å². The fourth-order valence-electron chi connectivity index (χ4n) is 4.77. The third-order valence-corrected chi connectivity index (χ3v) is 6.70. The summed E-state index contributed by atoms with van der Waals surface area (Å²) in [5.41, 5.74) is 2.91. The van der Waals surface area contributed by atoms with Crippen LogP contribution in [0.3, 0.4) is 0 Å². The summed E-state index contributed by atoms with van der Waals surface area (Å²) in [6.07, 6.45) is 2.00. The average molecular weight is 483 g/mol. The number of fused-ring (bicyclic) bond motifs is 2. The third kappa shape index (κ3) is 3.52. The Bertz CT molecular complexity index is 1580. The fraction of sp³-hybridized carbons (Fsp3) is 0.200. The van der Waals surface area contributed by atoms with Gasteiger partial charge in [-0.25, -0.2) is 4.68 Å². The Morgan fingerprint density at radius 2 is 1.94 bits per heavy atom. The Balaban J connectivity index is 1.21. The summed E-state index contributed by atoms with van der Waals surface area (Å²) < 4.78 is 3.32. The van der Waals surface area contributed by atoms with Crippen LogP contribution in [0.5, 0.6) is 0 Å². The SMILES string of the molecule is Cn1c(NC(=O)c2cn(-c3ccc4c(c3)C(=O)N(C3CCC(=O)NC3=O)C4)nn2)cc2ccccc21. The van der Waals surface area contributed by atoms with Gasteiger partial charge in [0.05, 0.1) is 11.9 Å². The van der Waals surface area contributed by atoms with Crippen molar-refractivity contribution in [3.05, 3.63) is 71.5 Å². The molecule has 1 atom stereocenters. The Labute approximate surface area is 204 Å². The lowest BCUT2D eigenvalue weighted by Gasteiger charge is -2.29. The lowest BCUT2D eigenvalue weighted by atomic mass is 10.0.